The van der Waals surface area contributed by atoms with Gasteiger partial charge >= 0.3 is 11.9 Å². The predicted octanol–water partition coefficient (Wildman–Crippen LogP) is -4.41. The smallest absolute Gasteiger partial charge is 0.326 e. The largest absolute Gasteiger partial charge is 0.481 e. The standard InChI is InChI=1S/C29H52N12O9/c1-15(2)22(26(48)38-17(9-10-21(43)44)23(45)39-18(27(49)50)7-4-12-36-29(33)34)40-24(46)16(6-3-11-35-28(31)32)37-25(47)19-8-5-13-41(19)20(42)14-30/h15-19,22H,3-14,30H2,1-2H3,(H,37,47)(H,38,48)(H,39,45)(H,40,46)(H,43,44)(H,49,50)(H4,31,32,35)(H4,33,34,36). The maximum atomic E-state index is 13.6. The third-order valence-corrected chi connectivity index (χ3v) is 7.72. The number of aliphatic carboxylic acids is 2. The van der Waals surface area contributed by atoms with Crippen LogP contribution in [0.15, 0.2) is 9.98 Å². The van der Waals surface area contributed by atoms with E-state index >= 15 is 0 Å². The van der Waals surface area contributed by atoms with Crippen LogP contribution in [0.25, 0.3) is 0 Å². The summed E-state index contributed by atoms with van der Waals surface area (Å²) >= 11 is 0. The highest BCUT2D eigenvalue weighted by molar-refractivity contribution is 5.96. The molecule has 1 heterocycles. The molecule has 0 radical (unpaired) electrons. The number of nitrogens with two attached hydrogens (primary N) is 5. The molecule has 5 unspecified atom stereocenters. The summed E-state index contributed by atoms with van der Waals surface area (Å²) in [5.41, 5.74) is 26.8. The molecule has 16 N–H and O–H groups in total. The molecule has 0 aromatic rings. The zero-order valence-corrected chi connectivity index (χ0v) is 28.4. The lowest BCUT2D eigenvalue weighted by Gasteiger charge is -2.29. The lowest BCUT2D eigenvalue weighted by atomic mass is 10.0. The number of rotatable bonds is 22. The van der Waals surface area contributed by atoms with Crippen molar-refractivity contribution in [3.8, 4) is 0 Å². The Hall–Kier alpha value is -5.21. The summed E-state index contributed by atoms with van der Waals surface area (Å²) in [6, 6.07) is -6.21. The molecular weight excluding hydrogens is 660 g/mol. The Labute approximate surface area is 289 Å². The second-order valence-corrected chi connectivity index (χ2v) is 12.0. The zero-order valence-electron chi connectivity index (χ0n) is 28.4. The number of carboxylic acid groups (broad SMARTS) is 2. The molecule has 0 aromatic heterocycles. The number of guanidine groups is 2. The molecule has 0 aromatic carbocycles. The molecule has 0 aliphatic carbocycles. The summed E-state index contributed by atoms with van der Waals surface area (Å²) in [7, 11) is 0. The van der Waals surface area contributed by atoms with Gasteiger partial charge in [-0.1, -0.05) is 13.8 Å². The Morgan fingerprint density at radius 3 is 1.78 bits per heavy atom. The van der Waals surface area contributed by atoms with Gasteiger partial charge < -0.3 is 65.0 Å². The number of carbonyl (C=O) groups is 7. The van der Waals surface area contributed by atoms with Gasteiger partial charge in [-0.05, 0) is 50.9 Å². The second-order valence-electron chi connectivity index (χ2n) is 12.0. The molecule has 5 atom stereocenters. The van der Waals surface area contributed by atoms with Crippen molar-refractivity contribution < 1.29 is 43.8 Å². The molecule has 21 nitrogen and oxygen atoms in total. The van der Waals surface area contributed by atoms with Crippen LogP contribution in [0.5, 0.6) is 0 Å². The monoisotopic (exact) mass is 712 g/mol. The number of nitrogens with zero attached hydrogens (tertiary/aromatic N) is 3. The predicted molar refractivity (Wildman–Crippen MR) is 181 cm³/mol. The minimum atomic E-state index is -1.49. The third kappa shape index (κ3) is 15.3. The van der Waals surface area contributed by atoms with Gasteiger partial charge in [0.15, 0.2) is 11.9 Å². The molecule has 0 bridgehead atoms. The topological polar surface area (TPSA) is 366 Å². The number of carboxylic acids is 2. The molecule has 1 saturated heterocycles. The summed E-state index contributed by atoms with van der Waals surface area (Å²) in [5.74, 6) is -7.17. The highest BCUT2D eigenvalue weighted by atomic mass is 16.4. The first-order valence-corrected chi connectivity index (χ1v) is 16.2. The van der Waals surface area contributed by atoms with Gasteiger partial charge in [-0.25, -0.2) is 4.79 Å². The van der Waals surface area contributed by atoms with Crippen molar-refractivity contribution in [3.05, 3.63) is 0 Å². The first-order chi connectivity index (χ1) is 23.5. The number of amides is 5. The molecule has 282 valence electrons. The van der Waals surface area contributed by atoms with Crippen LogP contribution in [-0.2, 0) is 33.6 Å². The highest BCUT2D eigenvalue weighted by Gasteiger charge is 2.37. The SMILES string of the molecule is CC(C)C(NC(=O)C(CCCN=C(N)N)NC(=O)C1CCCN1C(=O)CN)C(=O)NC(CCC(=O)O)C(=O)NC(CCCN=C(N)N)C(=O)O. The molecule has 1 rings (SSSR count). The van der Waals surface area contributed by atoms with Crippen LogP contribution in [-0.4, -0.2) is 125 Å². The first-order valence-electron chi connectivity index (χ1n) is 16.2. The van der Waals surface area contributed by atoms with Crippen LogP contribution in [0.4, 0.5) is 0 Å². The minimum Gasteiger partial charge on any atom is -0.481 e. The maximum Gasteiger partial charge on any atom is 0.326 e. The number of hydrogen-bond donors (Lipinski definition) is 11. The summed E-state index contributed by atoms with van der Waals surface area (Å²) in [6.07, 6.45) is 0.383. The number of likely N-dealkylation sites (tertiary alicyclic amines) is 1. The van der Waals surface area contributed by atoms with E-state index in [0.29, 0.717) is 19.4 Å². The zero-order chi connectivity index (χ0) is 38.0. The Balaban J connectivity index is 3.17. The van der Waals surface area contributed by atoms with Crippen LogP contribution < -0.4 is 49.9 Å². The van der Waals surface area contributed by atoms with Gasteiger partial charge in [0.05, 0.1) is 6.54 Å². The van der Waals surface area contributed by atoms with E-state index in [-0.39, 0.29) is 57.2 Å². The third-order valence-electron chi connectivity index (χ3n) is 7.72. The van der Waals surface area contributed by atoms with Crippen LogP contribution in [0.1, 0.15) is 65.2 Å². The van der Waals surface area contributed by atoms with E-state index in [1.54, 1.807) is 13.8 Å². The second kappa shape index (κ2) is 21.7. The summed E-state index contributed by atoms with van der Waals surface area (Å²) < 4.78 is 0. The van der Waals surface area contributed by atoms with Crippen molar-refractivity contribution >= 4 is 53.4 Å². The Kier molecular flexibility index (Phi) is 18.6. The maximum absolute atomic E-state index is 13.6. The van der Waals surface area contributed by atoms with Gasteiger partial charge in [-0.3, -0.25) is 38.8 Å². The van der Waals surface area contributed by atoms with Gasteiger partial charge in [-0.15, -0.1) is 0 Å². The summed E-state index contributed by atoms with van der Waals surface area (Å²) in [6.45, 7) is 3.47. The summed E-state index contributed by atoms with van der Waals surface area (Å²) in [5, 5.41) is 28.8. The van der Waals surface area contributed by atoms with Crippen molar-refractivity contribution in [2.24, 2.45) is 44.6 Å². The van der Waals surface area contributed by atoms with Crippen LogP contribution in [0, 0.1) is 5.92 Å². The molecule has 1 aliphatic heterocycles. The number of nitrogens with one attached hydrogen (secondary N) is 4. The van der Waals surface area contributed by atoms with E-state index < -0.39 is 90.4 Å². The molecule has 1 aliphatic rings. The van der Waals surface area contributed by atoms with E-state index in [1.165, 1.54) is 4.90 Å². The van der Waals surface area contributed by atoms with Gasteiger partial charge in [-0.2, -0.15) is 0 Å². The molecular formula is C29H52N12O9. The highest BCUT2D eigenvalue weighted by Crippen LogP contribution is 2.18. The van der Waals surface area contributed by atoms with Gasteiger partial charge in [0.1, 0.15) is 30.2 Å². The van der Waals surface area contributed by atoms with Crippen LogP contribution >= 0.6 is 0 Å². The van der Waals surface area contributed by atoms with Gasteiger partial charge in [0, 0.05) is 26.1 Å². The Morgan fingerprint density at radius 2 is 1.28 bits per heavy atom. The fourth-order valence-electron chi connectivity index (χ4n) is 5.12. The van der Waals surface area contributed by atoms with E-state index in [9.17, 15) is 43.8 Å². The van der Waals surface area contributed by atoms with E-state index in [2.05, 4.69) is 31.3 Å². The number of carbonyl (C=O) groups excluding carboxylic acids is 5. The minimum absolute atomic E-state index is 0.0434. The quantitative estimate of drug-likeness (QED) is 0.0287. The fourth-order valence-corrected chi connectivity index (χ4v) is 5.12. The van der Waals surface area contributed by atoms with Crippen molar-refractivity contribution in [1.29, 1.82) is 0 Å². The molecule has 1 fully saturated rings. The van der Waals surface area contributed by atoms with E-state index in [4.69, 9.17) is 28.7 Å². The molecule has 0 spiro atoms. The lowest BCUT2D eigenvalue weighted by Crippen LogP contribution is -2.60. The Morgan fingerprint density at radius 1 is 0.760 bits per heavy atom. The van der Waals surface area contributed by atoms with Crippen molar-refractivity contribution in [3.63, 3.8) is 0 Å². The number of aliphatic imine (C=N–C) groups is 2. The van der Waals surface area contributed by atoms with Crippen LogP contribution in [0.3, 0.4) is 0 Å². The van der Waals surface area contributed by atoms with Gasteiger partial charge in [0.2, 0.25) is 29.5 Å². The van der Waals surface area contributed by atoms with Crippen molar-refractivity contribution in [1.82, 2.24) is 26.2 Å². The van der Waals surface area contributed by atoms with E-state index in [1.807, 2.05) is 0 Å². The molecule has 21 heteroatoms. The normalized spacial score (nSPS) is 16.2. The fraction of sp³-hybridized carbons (Fsp3) is 0.690. The van der Waals surface area contributed by atoms with Crippen LogP contribution in [0.2, 0.25) is 0 Å². The average Bonchev–Trinajstić information content (AvgIpc) is 3.53. The van der Waals surface area contributed by atoms with E-state index in [0.717, 1.165) is 0 Å². The molecule has 0 saturated carbocycles. The van der Waals surface area contributed by atoms with Crippen molar-refractivity contribution in [2.75, 3.05) is 26.2 Å². The number of hydrogen-bond acceptors (Lipinski definition) is 10. The first kappa shape index (κ1) is 42.8. The Bertz CT molecular complexity index is 1270. The molecule has 5 amide bonds. The van der Waals surface area contributed by atoms with Crippen molar-refractivity contribution in [2.45, 2.75) is 95.4 Å². The molecule has 50 heavy (non-hydrogen) atoms. The van der Waals surface area contributed by atoms with Gasteiger partial charge in [0.25, 0.3) is 0 Å². The summed E-state index contributed by atoms with van der Waals surface area (Å²) in [4.78, 5) is 97.9. The lowest BCUT2D eigenvalue weighted by molar-refractivity contribution is -0.143. The average molecular weight is 713 g/mol.